The van der Waals surface area contributed by atoms with Crippen LogP contribution in [0.25, 0.3) is 0 Å². The monoisotopic (exact) mass is 439 g/mol. The van der Waals surface area contributed by atoms with Crippen LogP contribution in [0.2, 0.25) is 0 Å². The molecule has 11 heteroatoms. The molecule has 1 amide bonds. The van der Waals surface area contributed by atoms with E-state index >= 15 is 0 Å². The molecule has 3 heterocycles. The third-order valence-electron chi connectivity index (χ3n) is 5.15. The van der Waals surface area contributed by atoms with Gasteiger partial charge in [-0.05, 0) is 26.7 Å². The topological polar surface area (TPSA) is 123 Å². The Kier molecular flexibility index (Phi) is 6.91. The number of rotatable bonds is 7. The Hall–Kier alpha value is -2.27. The van der Waals surface area contributed by atoms with E-state index in [4.69, 9.17) is 9.05 Å². The van der Waals surface area contributed by atoms with Crippen molar-refractivity contribution in [1.29, 1.82) is 0 Å². The lowest BCUT2D eigenvalue weighted by atomic mass is 10.2. The minimum Gasteiger partial charge on any atom is -0.360 e. The standard InChI is InChI=1S/C19H29N5O5S/c1-13(2)19-20-16(29-22-19)7-5-8-17(25)23-9-6-10-24(12-11-23)30(26,27)18-14(3)21-28-15(18)4/h13H,5-12H2,1-4H3. The van der Waals surface area contributed by atoms with Gasteiger partial charge in [0.2, 0.25) is 21.8 Å². The fraction of sp³-hybridized carbons (Fsp3) is 0.684. The second-order valence-corrected chi connectivity index (χ2v) is 9.72. The van der Waals surface area contributed by atoms with Gasteiger partial charge in [0.05, 0.1) is 0 Å². The molecule has 0 saturated carbocycles. The maximum atomic E-state index is 13.0. The van der Waals surface area contributed by atoms with Gasteiger partial charge in [-0.3, -0.25) is 4.79 Å². The largest absolute Gasteiger partial charge is 0.360 e. The van der Waals surface area contributed by atoms with Crippen LogP contribution < -0.4 is 0 Å². The minimum absolute atomic E-state index is 0.00943. The summed E-state index contributed by atoms with van der Waals surface area (Å²) in [6.07, 6.45) is 2.09. The summed E-state index contributed by atoms with van der Waals surface area (Å²) >= 11 is 0. The molecule has 0 aliphatic carbocycles. The highest BCUT2D eigenvalue weighted by Crippen LogP contribution is 2.24. The molecule has 10 nitrogen and oxygen atoms in total. The van der Waals surface area contributed by atoms with Crippen LogP contribution in [-0.4, -0.2) is 65.0 Å². The van der Waals surface area contributed by atoms with Crippen LogP contribution in [0, 0.1) is 13.8 Å². The Morgan fingerprint density at radius 3 is 2.50 bits per heavy atom. The number of aryl methyl sites for hydroxylation is 3. The van der Waals surface area contributed by atoms with Crippen molar-refractivity contribution in [1.82, 2.24) is 24.5 Å². The molecule has 1 aliphatic rings. The molecule has 1 aliphatic heterocycles. The maximum absolute atomic E-state index is 13.0. The zero-order chi connectivity index (χ0) is 21.9. The normalized spacial score (nSPS) is 16.2. The van der Waals surface area contributed by atoms with Gasteiger partial charge < -0.3 is 13.9 Å². The Labute approximate surface area is 176 Å². The highest BCUT2D eigenvalue weighted by atomic mass is 32.2. The third kappa shape index (κ3) is 4.89. The van der Waals surface area contributed by atoms with E-state index in [9.17, 15) is 13.2 Å². The average molecular weight is 440 g/mol. The van der Waals surface area contributed by atoms with E-state index in [1.165, 1.54) is 4.31 Å². The van der Waals surface area contributed by atoms with Crippen LogP contribution in [0.1, 0.15) is 62.2 Å². The van der Waals surface area contributed by atoms with Gasteiger partial charge in [0.1, 0.15) is 10.6 Å². The van der Waals surface area contributed by atoms with Crippen LogP contribution >= 0.6 is 0 Å². The van der Waals surface area contributed by atoms with Crippen molar-refractivity contribution in [3.8, 4) is 0 Å². The van der Waals surface area contributed by atoms with E-state index in [1.54, 1.807) is 18.7 Å². The number of carbonyl (C=O) groups is 1. The number of hydrogen-bond donors (Lipinski definition) is 0. The van der Waals surface area contributed by atoms with Crippen molar-refractivity contribution in [2.24, 2.45) is 0 Å². The number of carbonyl (C=O) groups excluding carboxylic acids is 1. The fourth-order valence-electron chi connectivity index (χ4n) is 3.51. The molecule has 0 atom stereocenters. The van der Waals surface area contributed by atoms with Gasteiger partial charge in [-0.15, -0.1) is 0 Å². The summed E-state index contributed by atoms with van der Waals surface area (Å²) in [5.74, 6) is 1.70. The van der Waals surface area contributed by atoms with Crippen molar-refractivity contribution >= 4 is 15.9 Å². The molecule has 2 aromatic rings. The Morgan fingerprint density at radius 1 is 1.10 bits per heavy atom. The number of hydrogen-bond acceptors (Lipinski definition) is 8. The lowest BCUT2D eigenvalue weighted by molar-refractivity contribution is -0.131. The molecule has 0 bridgehead atoms. The highest BCUT2D eigenvalue weighted by Gasteiger charge is 2.32. The van der Waals surface area contributed by atoms with E-state index in [1.807, 2.05) is 13.8 Å². The second-order valence-electron chi connectivity index (χ2n) is 7.85. The van der Waals surface area contributed by atoms with Crippen molar-refractivity contribution in [2.45, 2.75) is 64.2 Å². The van der Waals surface area contributed by atoms with Crippen LogP contribution in [0.15, 0.2) is 13.9 Å². The first-order chi connectivity index (χ1) is 14.2. The van der Waals surface area contributed by atoms with Crippen molar-refractivity contribution < 1.29 is 22.3 Å². The lowest BCUT2D eigenvalue weighted by Crippen LogP contribution is -2.37. The molecule has 30 heavy (non-hydrogen) atoms. The smallest absolute Gasteiger partial charge is 0.248 e. The molecule has 0 radical (unpaired) electrons. The number of sulfonamides is 1. The zero-order valence-electron chi connectivity index (χ0n) is 17.9. The molecule has 166 valence electrons. The van der Waals surface area contributed by atoms with Crippen molar-refractivity contribution in [3.63, 3.8) is 0 Å². The van der Waals surface area contributed by atoms with E-state index in [-0.39, 0.29) is 29.0 Å². The molecule has 0 unspecified atom stereocenters. The van der Waals surface area contributed by atoms with E-state index in [0.717, 1.165) is 0 Å². The van der Waals surface area contributed by atoms with Gasteiger partial charge >= 0.3 is 0 Å². The zero-order valence-corrected chi connectivity index (χ0v) is 18.7. The summed E-state index contributed by atoms with van der Waals surface area (Å²) in [5, 5.41) is 7.68. The maximum Gasteiger partial charge on any atom is 0.248 e. The second kappa shape index (κ2) is 9.25. The van der Waals surface area contributed by atoms with Gasteiger partial charge in [-0.1, -0.05) is 24.2 Å². The SMILES string of the molecule is Cc1noc(C)c1S(=O)(=O)N1CCCN(C(=O)CCCc2nc(C(C)C)no2)CC1. The summed E-state index contributed by atoms with van der Waals surface area (Å²) in [5.41, 5.74) is 0.353. The van der Waals surface area contributed by atoms with Gasteiger partial charge in [-0.25, -0.2) is 8.42 Å². The van der Waals surface area contributed by atoms with Crippen LogP contribution in [0.5, 0.6) is 0 Å². The molecule has 2 aromatic heterocycles. The molecule has 1 saturated heterocycles. The quantitative estimate of drug-likeness (QED) is 0.642. The number of nitrogens with zero attached hydrogens (tertiary/aromatic N) is 5. The first-order valence-electron chi connectivity index (χ1n) is 10.2. The summed E-state index contributed by atoms with van der Waals surface area (Å²) in [6, 6.07) is 0. The summed E-state index contributed by atoms with van der Waals surface area (Å²) < 4.78 is 37.6. The van der Waals surface area contributed by atoms with E-state index in [2.05, 4.69) is 15.3 Å². The Morgan fingerprint density at radius 2 is 1.87 bits per heavy atom. The molecule has 0 aromatic carbocycles. The van der Waals surface area contributed by atoms with Crippen LogP contribution in [0.3, 0.4) is 0 Å². The summed E-state index contributed by atoms with van der Waals surface area (Å²) in [6.45, 7) is 8.69. The first kappa shape index (κ1) is 22.4. The van der Waals surface area contributed by atoms with Gasteiger partial charge in [-0.2, -0.15) is 9.29 Å². The summed E-state index contributed by atoms with van der Waals surface area (Å²) in [4.78, 5) is 18.8. The predicted octanol–water partition coefficient (Wildman–Crippen LogP) is 2.04. The molecular weight excluding hydrogens is 410 g/mol. The predicted molar refractivity (Wildman–Crippen MR) is 107 cm³/mol. The Balaban J connectivity index is 1.53. The van der Waals surface area contributed by atoms with Gasteiger partial charge in [0, 0.05) is 44.9 Å². The number of amides is 1. The van der Waals surface area contributed by atoms with Crippen molar-refractivity contribution in [2.75, 3.05) is 26.2 Å². The summed E-state index contributed by atoms with van der Waals surface area (Å²) in [7, 11) is -3.70. The van der Waals surface area contributed by atoms with Gasteiger partial charge in [0.25, 0.3) is 0 Å². The highest BCUT2D eigenvalue weighted by molar-refractivity contribution is 7.89. The molecule has 0 N–H and O–H groups in total. The third-order valence-corrected chi connectivity index (χ3v) is 7.30. The number of aromatic nitrogens is 3. The van der Waals surface area contributed by atoms with Crippen LogP contribution in [0.4, 0.5) is 0 Å². The molecule has 3 rings (SSSR count). The van der Waals surface area contributed by atoms with Crippen LogP contribution in [-0.2, 0) is 21.2 Å². The minimum atomic E-state index is -3.70. The Bertz CT molecular complexity index is 962. The average Bonchev–Trinajstić information content (AvgIpc) is 3.19. The van der Waals surface area contributed by atoms with E-state index in [0.29, 0.717) is 62.7 Å². The van der Waals surface area contributed by atoms with E-state index < -0.39 is 10.0 Å². The first-order valence-corrected chi connectivity index (χ1v) is 11.7. The fourth-order valence-corrected chi connectivity index (χ4v) is 5.27. The molecule has 1 fully saturated rings. The molecular formula is C19H29N5O5S. The molecule has 0 spiro atoms. The lowest BCUT2D eigenvalue weighted by Gasteiger charge is -2.21. The van der Waals surface area contributed by atoms with Crippen molar-refractivity contribution in [3.05, 3.63) is 23.2 Å². The van der Waals surface area contributed by atoms with Gasteiger partial charge in [0.15, 0.2) is 11.6 Å².